The molecule has 0 unspecified atom stereocenters. The molecule has 1 aromatic rings. The van der Waals surface area contributed by atoms with E-state index >= 15 is 0 Å². The van der Waals surface area contributed by atoms with Crippen molar-refractivity contribution in [1.29, 1.82) is 0 Å². The van der Waals surface area contributed by atoms with Crippen molar-refractivity contribution in [3.8, 4) is 5.75 Å². The molecular formula is C14H18O. The van der Waals surface area contributed by atoms with E-state index in [9.17, 15) is 0 Å². The lowest BCUT2D eigenvalue weighted by molar-refractivity contribution is 0.414. The molecule has 0 fully saturated rings. The lowest BCUT2D eigenvalue weighted by atomic mass is 10.1. The summed E-state index contributed by atoms with van der Waals surface area (Å²) in [5.74, 6) is 0.926. The van der Waals surface area contributed by atoms with Crippen LogP contribution in [0.3, 0.4) is 0 Å². The second kappa shape index (κ2) is 6.07. The summed E-state index contributed by atoms with van der Waals surface area (Å²) in [6.45, 7) is 4.14. The summed E-state index contributed by atoms with van der Waals surface area (Å²) in [6, 6.07) is 6.18. The van der Waals surface area contributed by atoms with Crippen LogP contribution in [0.1, 0.15) is 18.1 Å². The summed E-state index contributed by atoms with van der Waals surface area (Å²) in [5, 5.41) is 0. The molecule has 1 aromatic carbocycles. The average molecular weight is 202 g/mol. The fourth-order valence-electron chi connectivity index (χ4n) is 1.38. The van der Waals surface area contributed by atoms with Gasteiger partial charge in [0.15, 0.2) is 0 Å². The van der Waals surface area contributed by atoms with Gasteiger partial charge in [-0.2, -0.15) is 0 Å². The first kappa shape index (κ1) is 11.6. The monoisotopic (exact) mass is 202 g/mol. The maximum atomic E-state index is 5.20. The predicted molar refractivity (Wildman–Crippen MR) is 65.4 cm³/mol. The van der Waals surface area contributed by atoms with E-state index in [2.05, 4.69) is 31.2 Å². The topological polar surface area (TPSA) is 9.23 Å². The molecule has 15 heavy (non-hydrogen) atoms. The molecule has 0 N–H and O–H groups in total. The molecule has 0 bridgehead atoms. The lowest BCUT2D eigenvalue weighted by Gasteiger charge is -2.05. The molecule has 0 aliphatic carbocycles. The summed E-state index contributed by atoms with van der Waals surface area (Å²) in [4.78, 5) is 0. The molecule has 0 spiro atoms. The van der Waals surface area contributed by atoms with Crippen molar-refractivity contribution in [3.05, 3.63) is 53.6 Å². The Hall–Kier alpha value is -1.50. The van der Waals surface area contributed by atoms with E-state index < -0.39 is 0 Å². The number of methoxy groups -OCH3 is 1. The molecule has 80 valence electrons. The third-order valence-corrected chi connectivity index (χ3v) is 2.33. The Balaban J connectivity index is 2.74. The van der Waals surface area contributed by atoms with Gasteiger partial charge in [-0.3, -0.25) is 0 Å². The number of hydrogen-bond acceptors (Lipinski definition) is 1. The standard InChI is InChI=1S/C14H18O/c1-4-5-6-7-8-13-11-14(15-3)10-9-12(13)2/h4-7,9-11H,8H2,1-3H3. The van der Waals surface area contributed by atoms with Crippen molar-refractivity contribution in [2.75, 3.05) is 7.11 Å². The highest BCUT2D eigenvalue weighted by molar-refractivity contribution is 5.36. The minimum atomic E-state index is 0.926. The van der Waals surface area contributed by atoms with Crippen LogP contribution in [0, 0.1) is 6.92 Å². The van der Waals surface area contributed by atoms with Crippen molar-refractivity contribution >= 4 is 0 Å². The maximum Gasteiger partial charge on any atom is 0.119 e. The zero-order valence-electron chi connectivity index (χ0n) is 9.66. The quantitative estimate of drug-likeness (QED) is 0.677. The third-order valence-electron chi connectivity index (χ3n) is 2.33. The summed E-state index contributed by atoms with van der Waals surface area (Å²) < 4.78 is 5.20. The van der Waals surface area contributed by atoms with E-state index in [4.69, 9.17) is 4.74 Å². The molecule has 0 aromatic heterocycles. The van der Waals surface area contributed by atoms with Gasteiger partial charge < -0.3 is 4.74 Å². The first-order valence-electron chi connectivity index (χ1n) is 5.19. The lowest BCUT2D eigenvalue weighted by Crippen LogP contribution is -1.89. The largest absolute Gasteiger partial charge is 0.497 e. The molecular weight excluding hydrogens is 184 g/mol. The summed E-state index contributed by atoms with van der Waals surface area (Å²) in [7, 11) is 1.70. The highest BCUT2D eigenvalue weighted by Gasteiger charge is 1.98. The van der Waals surface area contributed by atoms with Gasteiger partial charge in [-0.25, -0.2) is 0 Å². The maximum absolute atomic E-state index is 5.20. The molecule has 0 atom stereocenters. The van der Waals surface area contributed by atoms with Crippen molar-refractivity contribution in [2.24, 2.45) is 0 Å². The van der Waals surface area contributed by atoms with Gasteiger partial charge in [0.2, 0.25) is 0 Å². The molecule has 0 radical (unpaired) electrons. The van der Waals surface area contributed by atoms with E-state index in [1.165, 1.54) is 11.1 Å². The normalized spacial score (nSPS) is 11.4. The SMILES string of the molecule is CC=CC=CCc1cc(OC)ccc1C. The predicted octanol–water partition coefficient (Wildman–Crippen LogP) is 3.68. The molecule has 1 heteroatoms. The fraction of sp³-hybridized carbons (Fsp3) is 0.286. The number of rotatable bonds is 4. The van der Waals surface area contributed by atoms with Crippen LogP contribution in [0.25, 0.3) is 0 Å². The Kier molecular flexibility index (Phi) is 4.69. The number of allylic oxidation sites excluding steroid dienone is 4. The second-order valence-corrected chi connectivity index (χ2v) is 3.45. The smallest absolute Gasteiger partial charge is 0.119 e. The molecule has 0 saturated heterocycles. The molecule has 1 nitrogen and oxygen atoms in total. The van der Waals surface area contributed by atoms with E-state index in [1.54, 1.807) is 7.11 Å². The number of hydrogen-bond donors (Lipinski definition) is 0. The molecule has 1 rings (SSSR count). The van der Waals surface area contributed by atoms with E-state index in [0.29, 0.717) is 0 Å². The molecule has 0 aliphatic heterocycles. The fourth-order valence-corrected chi connectivity index (χ4v) is 1.38. The number of benzene rings is 1. The molecule has 0 saturated carbocycles. The van der Waals surface area contributed by atoms with Crippen LogP contribution in [-0.4, -0.2) is 7.11 Å². The van der Waals surface area contributed by atoms with Crippen LogP contribution in [-0.2, 0) is 6.42 Å². The van der Waals surface area contributed by atoms with Crippen molar-refractivity contribution in [3.63, 3.8) is 0 Å². The van der Waals surface area contributed by atoms with Crippen LogP contribution in [0.15, 0.2) is 42.5 Å². The Bertz CT molecular complexity index is 362. The Morgan fingerprint density at radius 2 is 2.07 bits per heavy atom. The zero-order chi connectivity index (χ0) is 11.1. The van der Waals surface area contributed by atoms with Crippen LogP contribution in [0.4, 0.5) is 0 Å². The Morgan fingerprint density at radius 1 is 1.27 bits per heavy atom. The summed E-state index contributed by atoms with van der Waals surface area (Å²) in [5.41, 5.74) is 2.62. The van der Waals surface area contributed by atoms with Gasteiger partial charge in [0.1, 0.15) is 5.75 Å². The van der Waals surface area contributed by atoms with Crippen LogP contribution in [0.2, 0.25) is 0 Å². The number of aryl methyl sites for hydroxylation is 1. The minimum Gasteiger partial charge on any atom is -0.497 e. The van der Waals surface area contributed by atoms with Crippen molar-refractivity contribution in [1.82, 2.24) is 0 Å². The van der Waals surface area contributed by atoms with Gasteiger partial charge >= 0.3 is 0 Å². The Morgan fingerprint density at radius 3 is 2.73 bits per heavy atom. The third kappa shape index (κ3) is 3.62. The van der Waals surface area contributed by atoms with Crippen LogP contribution < -0.4 is 4.74 Å². The van der Waals surface area contributed by atoms with Crippen molar-refractivity contribution in [2.45, 2.75) is 20.3 Å². The summed E-state index contributed by atoms with van der Waals surface area (Å²) >= 11 is 0. The first-order valence-corrected chi connectivity index (χ1v) is 5.19. The Labute approximate surface area is 92.1 Å². The zero-order valence-corrected chi connectivity index (χ0v) is 9.66. The molecule has 0 amide bonds. The van der Waals surface area contributed by atoms with Gasteiger partial charge in [-0.15, -0.1) is 0 Å². The van der Waals surface area contributed by atoms with E-state index in [1.807, 2.05) is 25.1 Å². The molecule has 0 heterocycles. The molecule has 0 aliphatic rings. The second-order valence-electron chi connectivity index (χ2n) is 3.45. The number of ether oxygens (including phenoxy) is 1. The van der Waals surface area contributed by atoms with E-state index in [0.717, 1.165) is 12.2 Å². The van der Waals surface area contributed by atoms with Gasteiger partial charge in [0.25, 0.3) is 0 Å². The van der Waals surface area contributed by atoms with Gasteiger partial charge in [-0.1, -0.05) is 30.4 Å². The van der Waals surface area contributed by atoms with Crippen LogP contribution in [0.5, 0.6) is 5.75 Å². The highest BCUT2D eigenvalue weighted by atomic mass is 16.5. The van der Waals surface area contributed by atoms with Gasteiger partial charge in [0.05, 0.1) is 7.11 Å². The summed E-state index contributed by atoms with van der Waals surface area (Å²) in [6.07, 6.45) is 9.23. The van der Waals surface area contributed by atoms with Crippen molar-refractivity contribution < 1.29 is 4.74 Å². The van der Waals surface area contributed by atoms with Gasteiger partial charge in [0, 0.05) is 0 Å². The van der Waals surface area contributed by atoms with Crippen LogP contribution >= 0.6 is 0 Å². The van der Waals surface area contributed by atoms with Gasteiger partial charge in [-0.05, 0) is 43.5 Å². The highest BCUT2D eigenvalue weighted by Crippen LogP contribution is 2.17. The first-order chi connectivity index (χ1) is 7.27. The van der Waals surface area contributed by atoms with E-state index in [-0.39, 0.29) is 0 Å². The average Bonchev–Trinajstić information content (AvgIpc) is 2.26. The minimum absolute atomic E-state index is 0.926.